The Bertz CT molecular complexity index is 349. The van der Waals surface area contributed by atoms with E-state index in [0.29, 0.717) is 24.3 Å². The van der Waals surface area contributed by atoms with Crippen molar-refractivity contribution in [2.24, 2.45) is 16.6 Å². The van der Waals surface area contributed by atoms with Crippen molar-refractivity contribution < 1.29 is 4.42 Å². The molecule has 0 saturated heterocycles. The van der Waals surface area contributed by atoms with Gasteiger partial charge in [0.1, 0.15) is 12.3 Å². The number of nitrogens with zero attached hydrogens (tertiary/aromatic N) is 2. The summed E-state index contributed by atoms with van der Waals surface area (Å²) in [5.74, 6) is 2.41. The van der Waals surface area contributed by atoms with Crippen LogP contribution in [0.3, 0.4) is 0 Å². The SMILES string of the molecule is Cc1nc(CN=C(N)NCC(C)C)oc1C. The van der Waals surface area contributed by atoms with Gasteiger partial charge in [-0.15, -0.1) is 0 Å². The van der Waals surface area contributed by atoms with E-state index >= 15 is 0 Å². The predicted molar refractivity (Wildman–Crippen MR) is 64.1 cm³/mol. The van der Waals surface area contributed by atoms with Crippen LogP contribution < -0.4 is 11.1 Å². The van der Waals surface area contributed by atoms with Crippen LogP contribution in [0.2, 0.25) is 0 Å². The molecular formula is C11H20N4O. The third-order valence-electron chi connectivity index (χ3n) is 2.15. The molecule has 0 aliphatic carbocycles. The number of nitrogens with two attached hydrogens (primary N) is 1. The van der Waals surface area contributed by atoms with Gasteiger partial charge in [-0.25, -0.2) is 9.98 Å². The summed E-state index contributed by atoms with van der Waals surface area (Å²) in [7, 11) is 0. The Kier molecular flexibility index (Phi) is 4.34. The third kappa shape index (κ3) is 3.92. The second kappa shape index (κ2) is 5.53. The minimum Gasteiger partial charge on any atom is -0.444 e. The first-order chi connectivity index (χ1) is 7.49. The van der Waals surface area contributed by atoms with Gasteiger partial charge in [-0.1, -0.05) is 13.8 Å². The van der Waals surface area contributed by atoms with Crippen molar-refractivity contribution in [3.8, 4) is 0 Å². The summed E-state index contributed by atoms with van der Waals surface area (Å²) in [6.07, 6.45) is 0. The molecule has 1 heterocycles. The molecule has 0 aromatic carbocycles. The van der Waals surface area contributed by atoms with Gasteiger partial charge in [0, 0.05) is 6.54 Å². The van der Waals surface area contributed by atoms with Gasteiger partial charge in [-0.2, -0.15) is 0 Å². The summed E-state index contributed by atoms with van der Waals surface area (Å²) in [4.78, 5) is 8.37. The molecule has 3 N–H and O–H groups in total. The maximum absolute atomic E-state index is 5.68. The molecule has 16 heavy (non-hydrogen) atoms. The van der Waals surface area contributed by atoms with E-state index in [-0.39, 0.29) is 0 Å². The van der Waals surface area contributed by atoms with Crippen molar-refractivity contribution >= 4 is 5.96 Å². The number of aliphatic imine (C=N–C) groups is 1. The number of hydrogen-bond acceptors (Lipinski definition) is 3. The van der Waals surface area contributed by atoms with Gasteiger partial charge in [-0.3, -0.25) is 0 Å². The molecule has 0 radical (unpaired) electrons. The number of rotatable bonds is 4. The van der Waals surface area contributed by atoms with Crippen LogP contribution in [0, 0.1) is 19.8 Å². The van der Waals surface area contributed by atoms with Crippen molar-refractivity contribution in [3.05, 3.63) is 17.3 Å². The maximum atomic E-state index is 5.68. The van der Waals surface area contributed by atoms with Crippen molar-refractivity contribution in [2.75, 3.05) is 6.54 Å². The van der Waals surface area contributed by atoms with Gasteiger partial charge in [-0.05, 0) is 19.8 Å². The fraction of sp³-hybridized carbons (Fsp3) is 0.636. The van der Waals surface area contributed by atoms with E-state index in [4.69, 9.17) is 10.2 Å². The van der Waals surface area contributed by atoms with Gasteiger partial charge in [0.05, 0.1) is 5.69 Å². The van der Waals surface area contributed by atoms with E-state index in [0.717, 1.165) is 18.0 Å². The molecule has 1 aromatic heterocycles. The fourth-order valence-corrected chi connectivity index (χ4v) is 1.12. The van der Waals surface area contributed by atoms with Gasteiger partial charge in [0.25, 0.3) is 0 Å². The minimum atomic E-state index is 0.381. The first-order valence-electron chi connectivity index (χ1n) is 5.45. The lowest BCUT2D eigenvalue weighted by Crippen LogP contribution is -2.34. The van der Waals surface area contributed by atoms with E-state index in [1.165, 1.54) is 0 Å². The average Bonchev–Trinajstić information content (AvgIpc) is 2.52. The quantitative estimate of drug-likeness (QED) is 0.598. The molecule has 0 unspecified atom stereocenters. The van der Waals surface area contributed by atoms with Gasteiger partial charge in [0.15, 0.2) is 5.96 Å². The normalized spacial score (nSPS) is 12.2. The maximum Gasteiger partial charge on any atom is 0.216 e. The van der Waals surface area contributed by atoms with Crippen LogP contribution in [0.25, 0.3) is 0 Å². The number of guanidine groups is 1. The first-order valence-corrected chi connectivity index (χ1v) is 5.45. The van der Waals surface area contributed by atoms with E-state index in [1.807, 2.05) is 13.8 Å². The van der Waals surface area contributed by atoms with Crippen LogP contribution in [0.1, 0.15) is 31.2 Å². The van der Waals surface area contributed by atoms with Crippen LogP contribution in [0.5, 0.6) is 0 Å². The molecule has 0 atom stereocenters. The predicted octanol–water partition coefficient (Wildman–Crippen LogP) is 1.35. The highest BCUT2D eigenvalue weighted by molar-refractivity contribution is 5.77. The van der Waals surface area contributed by atoms with E-state index in [1.54, 1.807) is 0 Å². The Balaban J connectivity index is 2.46. The standard InChI is InChI=1S/C11H20N4O/c1-7(2)5-13-11(12)14-6-10-15-8(3)9(4)16-10/h7H,5-6H2,1-4H3,(H3,12,13,14). The van der Waals surface area contributed by atoms with E-state index in [2.05, 4.69) is 29.1 Å². The van der Waals surface area contributed by atoms with Crippen LogP contribution in [-0.2, 0) is 6.54 Å². The Hall–Kier alpha value is -1.52. The van der Waals surface area contributed by atoms with Gasteiger partial charge in [0.2, 0.25) is 5.89 Å². The lowest BCUT2D eigenvalue weighted by molar-refractivity contribution is 0.473. The molecule has 1 rings (SSSR count). The Morgan fingerprint density at radius 2 is 2.19 bits per heavy atom. The molecule has 0 spiro atoms. The molecular weight excluding hydrogens is 204 g/mol. The number of oxazole rings is 1. The Labute approximate surface area is 96.1 Å². The first kappa shape index (κ1) is 12.5. The molecule has 0 saturated carbocycles. The van der Waals surface area contributed by atoms with Crippen LogP contribution in [-0.4, -0.2) is 17.5 Å². The zero-order valence-electron chi connectivity index (χ0n) is 10.4. The molecule has 1 aromatic rings. The van der Waals surface area contributed by atoms with Gasteiger partial charge >= 0.3 is 0 Å². The summed E-state index contributed by atoms with van der Waals surface area (Å²) in [5, 5.41) is 3.03. The highest BCUT2D eigenvalue weighted by Gasteiger charge is 2.04. The van der Waals surface area contributed by atoms with E-state index in [9.17, 15) is 0 Å². The molecule has 0 aliphatic rings. The summed E-state index contributed by atoms with van der Waals surface area (Å²) in [6.45, 7) is 9.22. The van der Waals surface area contributed by atoms with Crippen molar-refractivity contribution in [3.63, 3.8) is 0 Å². The molecule has 0 aliphatic heterocycles. The second-order valence-electron chi connectivity index (χ2n) is 4.23. The summed E-state index contributed by atoms with van der Waals surface area (Å²) >= 11 is 0. The topological polar surface area (TPSA) is 76.4 Å². The zero-order chi connectivity index (χ0) is 12.1. The Morgan fingerprint density at radius 1 is 1.50 bits per heavy atom. The smallest absolute Gasteiger partial charge is 0.216 e. The summed E-state index contributed by atoms with van der Waals surface area (Å²) in [6, 6.07) is 0. The molecule has 0 fully saturated rings. The van der Waals surface area contributed by atoms with E-state index < -0.39 is 0 Å². The molecule has 5 heteroatoms. The van der Waals surface area contributed by atoms with Crippen LogP contribution in [0.4, 0.5) is 0 Å². The second-order valence-corrected chi connectivity index (χ2v) is 4.23. The van der Waals surface area contributed by atoms with Crippen molar-refractivity contribution in [1.29, 1.82) is 0 Å². The summed E-state index contributed by atoms with van der Waals surface area (Å²) < 4.78 is 5.39. The lowest BCUT2D eigenvalue weighted by atomic mass is 10.2. The molecule has 90 valence electrons. The van der Waals surface area contributed by atoms with Crippen LogP contribution in [0.15, 0.2) is 9.41 Å². The third-order valence-corrected chi connectivity index (χ3v) is 2.15. The zero-order valence-corrected chi connectivity index (χ0v) is 10.4. The number of nitrogens with one attached hydrogen (secondary N) is 1. The highest BCUT2D eigenvalue weighted by Crippen LogP contribution is 2.08. The minimum absolute atomic E-state index is 0.381. The monoisotopic (exact) mass is 224 g/mol. The average molecular weight is 224 g/mol. The summed E-state index contributed by atoms with van der Waals surface area (Å²) in [5.41, 5.74) is 6.59. The molecule has 0 bridgehead atoms. The molecule has 0 amide bonds. The van der Waals surface area contributed by atoms with Crippen LogP contribution >= 0.6 is 0 Å². The number of aromatic nitrogens is 1. The van der Waals surface area contributed by atoms with Crippen molar-refractivity contribution in [2.45, 2.75) is 34.2 Å². The highest BCUT2D eigenvalue weighted by atomic mass is 16.4. The number of aryl methyl sites for hydroxylation is 2. The van der Waals surface area contributed by atoms with Gasteiger partial charge < -0.3 is 15.5 Å². The lowest BCUT2D eigenvalue weighted by Gasteiger charge is -2.06. The fourth-order valence-electron chi connectivity index (χ4n) is 1.12. The largest absolute Gasteiger partial charge is 0.444 e. The Morgan fingerprint density at radius 3 is 2.69 bits per heavy atom. The number of hydrogen-bond donors (Lipinski definition) is 2. The molecule has 5 nitrogen and oxygen atoms in total. The van der Waals surface area contributed by atoms with Crippen molar-refractivity contribution in [1.82, 2.24) is 10.3 Å².